The molecule has 3 amide bonds. The van der Waals surface area contributed by atoms with Gasteiger partial charge in [-0.2, -0.15) is 0 Å². The summed E-state index contributed by atoms with van der Waals surface area (Å²) >= 11 is 0. The predicted octanol–water partition coefficient (Wildman–Crippen LogP) is 2.81. The molecule has 2 aromatic rings. The second-order valence-corrected chi connectivity index (χ2v) is 7.25. The van der Waals surface area contributed by atoms with Crippen molar-refractivity contribution in [1.82, 2.24) is 4.90 Å². The van der Waals surface area contributed by atoms with Crippen molar-refractivity contribution < 1.29 is 23.5 Å². The summed E-state index contributed by atoms with van der Waals surface area (Å²) in [6.07, 6.45) is 1.24. The monoisotopic (exact) mass is 411 g/mol. The molecule has 4 rings (SSSR count). The summed E-state index contributed by atoms with van der Waals surface area (Å²) in [7, 11) is 0. The van der Waals surface area contributed by atoms with Gasteiger partial charge in [0, 0.05) is 12.2 Å². The molecule has 30 heavy (non-hydrogen) atoms. The zero-order chi connectivity index (χ0) is 21.3. The van der Waals surface area contributed by atoms with E-state index in [1.807, 2.05) is 6.92 Å². The number of amides is 3. The van der Waals surface area contributed by atoms with Crippen LogP contribution in [0.1, 0.15) is 30.1 Å². The second-order valence-electron chi connectivity index (χ2n) is 7.25. The van der Waals surface area contributed by atoms with Gasteiger partial charge in [-0.15, -0.1) is 0 Å². The highest BCUT2D eigenvalue weighted by atomic mass is 19.1. The maximum Gasteiger partial charge on any atom is 0.256 e. The van der Waals surface area contributed by atoms with E-state index in [2.05, 4.69) is 5.32 Å². The molecule has 0 saturated carbocycles. The van der Waals surface area contributed by atoms with E-state index in [0.29, 0.717) is 37.4 Å². The number of carbonyl (C=O) groups is 3. The van der Waals surface area contributed by atoms with Crippen LogP contribution in [0, 0.1) is 5.82 Å². The van der Waals surface area contributed by atoms with E-state index in [-0.39, 0.29) is 29.6 Å². The number of fused-ring (bicyclic) bond motifs is 2. The van der Waals surface area contributed by atoms with Crippen molar-refractivity contribution in [1.29, 1.82) is 0 Å². The van der Waals surface area contributed by atoms with Gasteiger partial charge in [0.05, 0.1) is 17.9 Å². The third kappa shape index (κ3) is 3.72. The molecule has 1 atom stereocenters. The lowest BCUT2D eigenvalue weighted by Gasteiger charge is -2.25. The summed E-state index contributed by atoms with van der Waals surface area (Å²) in [5.41, 5.74) is 0.896. The number of benzene rings is 2. The van der Waals surface area contributed by atoms with Gasteiger partial charge < -0.3 is 19.9 Å². The van der Waals surface area contributed by atoms with Crippen molar-refractivity contribution in [2.24, 2.45) is 0 Å². The maximum absolute atomic E-state index is 14.0. The molecule has 1 N–H and O–H groups in total. The first-order valence-corrected chi connectivity index (χ1v) is 9.92. The number of nitrogens with zero attached hydrogens (tertiary/aromatic N) is 2. The van der Waals surface area contributed by atoms with E-state index in [0.717, 1.165) is 6.07 Å². The van der Waals surface area contributed by atoms with Gasteiger partial charge in [-0.3, -0.25) is 14.4 Å². The molecule has 156 valence electrons. The summed E-state index contributed by atoms with van der Waals surface area (Å²) < 4.78 is 19.3. The highest BCUT2D eigenvalue weighted by Crippen LogP contribution is 2.33. The van der Waals surface area contributed by atoms with Crippen molar-refractivity contribution in [3.63, 3.8) is 0 Å². The van der Waals surface area contributed by atoms with Crippen molar-refractivity contribution in [3.8, 4) is 5.75 Å². The minimum atomic E-state index is -0.633. The number of anilines is 2. The fraction of sp³-hybridized carbons (Fsp3) is 0.318. The number of rotatable bonds is 5. The van der Waals surface area contributed by atoms with Crippen LogP contribution in [0.15, 0.2) is 42.5 Å². The normalized spacial score (nSPS) is 18.0. The van der Waals surface area contributed by atoms with Crippen LogP contribution in [0.2, 0.25) is 0 Å². The topological polar surface area (TPSA) is 79.0 Å². The summed E-state index contributed by atoms with van der Waals surface area (Å²) in [6, 6.07) is 9.93. The lowest BCUT2D eigenvalue weighted by atomic mass is 10.1. The molecule has 0 radical (unpaired) electrons. The maximum atomic E-state index is 14.0. The minimum absolute atomic E-state index is 0.126. The zero-order valence-electron chi connectivity index (χ0n) is 16.6. The Hall–Kier alpha value is -3.42. The average molecular weight is 411 g/mol. The molecule has 2 aliphatic heterocycles. The van der Waals surface area contributed by atoms with Crippen LogP contribution < -0.4 is 15.0 Å². The molecule has 0 spiro atoms. The molecule has 1 unspecified atom stereocenters. The number of nitrogens with one attached hydrogen (secondary N) is 1. The van der Waals surface area contributed by atoms with Crippen LogP contribution in [-0.2, 0) is 9.59 Å². The number of ether oxygens (including phenoxy) is 1. The fourth-order valence-electron chi connectivity index (χ4n) is 3.94. The Labute approximate surface area is 173 Å². The quantitative estimate of drug-likeness (QED) is 0.821. The minimum Gasteiger partial charge on any atom is -0.494 e. The molecule has 8 heteroatoms. The van der Waals surface area contributed by atoms with E-state index < -0.39 is 17.8 Å². The van der Waals surface area contributed by atoms with Crippen LogP contribution in [0.4, 0.5) is 15.8 Å². The molecule has 2 aromatic carbocycles. The standard InChI is InChI=1S/C22H22FN3O4/c1-2-30-16-8-6-15(7-9-16)24-20(27)13-26-19-12-14(23)5-10-17(19)21(28)25-11-3-4-18(25)22(26)29/h5-10,12,18H,2-4,11,13H2,1H3,(H,24,27). The van der Waals surface area contributed by atoms with Crippen LogP contribution in [0.25, 0.3) is 0 Å². The first-order chi connectivity index (χ1) is 14.5. The first-order valence-electron chi connectivity index (χ1n) is 9.92. The van der Waals surface area contributed by atoms with E-state index in [9.17, 15) is 18.8 Å². The third-order valence-electron chi connectivity index (χ3n) is 5.30. The van der Waals surface area contributed by atoms with Crippen molar-refractivity contribution in [2.45, 2.75) is 25.8 Å². The van der Waals surface area contributed by atoms with Crippen molar-refractivity contribution in [2.75, 3.05) is 29.9 Å². The molecular weight excluding hydrogens is 389 g/mol. The van der Waals surface area contributed by atoms with E-state index in [4.69, 9.17) is 4.74 Å². The van der Waals surface area contributed by atoms with E-state index >= 15 is 0 Å². The molecule has 1 fully saturated rings. The molecule has 2 heterocycles. The summed E-state index contributed by atoms with van der Waals surface area (Å²) in [5, 5.41) is 2.74. The highest BCUT2D eigenvalue weighted by molar-refractivity contribution is 6.13. The van der Waals surface area contributed by atoms with Gasteiger partial charge in [-0.25, -0.2) is 4.39 Å². The Morgan fingerprint density at radius 1 is 1.20 bits per heavy atom. The van der Waals surface area contributed by atoms with Gasteiger partial charge in [0.2, 0.25) is 11.8 Å². The van der Waals surface area contributed by atoms with Crippen LogP contribution in [-0.4, -0.2) is 48.4 Å². The fourth-order valence-corrected chi connectivity index (χ4v) is 3.94. The zero-order valence-corrected chi connectivity index (χ0v) is 16.6. The molecule has 7 nitrogen and oxygen atoms in total. The smallest absolute Gasteiger partial charge is 0.256 e. The number of hydrogen-bond acceptors (Lipinski definition) is 4. The van der Waals surface area contributed by atoms with Gasteiger partial charge >= 0.3 is 0 Å². The summed E-state index contributed by atoms with van der Waals surface area (Å²) in [5.74, 6) is -1.01. The number of halogens is 1. The Bertz CT molecular complexity index is 992. The highest BCUT2D eigenvalue weighted by Gasteiger charge is 2.42. The van der Waals surface area contributed by atoms with Gasteiger partial charge in [-0.1, -0.05) is 0 Å². The lowest BCUT2D eigenvalue weighted by molar-refractivity contribution is -0.124. The van der Waals surface area contributed by atoms with Crippen molar-refractivity contribution in [3.05, 3.63) is 53.8 Å². The number of hydrogen-bond donors (Lipinski definition) is 1. The molecule has 2 aliphatic rings. The van der Waals surface area contributed by atoms with E-state index in [1.165, 1.54) is 21.9 Å². The molecule has 0 aromatic heterocycles. The number of carbonyl (C=O) groups excluding carboxylic acids is 3. The molecule has 0 bridgehead atoms. The average Bonchev–Trinajstić information content (AvgIpc) is 3.20. The SMILES string of the molecule is CCOc1ccc(NC(=O)CN2C(=O)C3CCCN3C(=O)c3ccc(F)cc32)cc1. The first kappa shape index (κ1) is 19.9. The van der Waals surface area contributed by atoms with Crippen LogP contribution >= 0.6 is 0 Å². The lowest BCUT2D eigenvalue weighted by Crippen LogP contribution is -2.47. The van der Waals surface area contributed by atoms with Gasteiger partial charge in [0.1, 0.15) is 24.2 Å². The van der Waals surface area contributed by atoms with Crippen molar-refractivity contribution >= 4 is 29.1 Å². The molecule has 1 saturated heterocycles. The predicted molar refractivity (Wildman–Crippen MR) is 109 cm³/mol. The Balaban J connectivity index is 1.59. The van der Waals surface area contributed by atoms with Gasteiger partial charge in [-0.05, 0) is 62.2 Å². The largest absolute Gasteiger partial charge is 0.494 e. The molecular formula is C22H22FN3O4. The summed E-state index contributed by atoms with van der Waals surface area (Å²) in [4.78, 5) is 41.5. The van der Waals surface area contributed by atoms with Crippen LogP contribution in [0.5, 0.6) is 5.75 Å². The van der Waals surface area contributed by atoms with E-state index in [1.54, 1.807) is 24.3 Å². The Morgan fingerprint density at radius 2 is 1.97 bits per heavy atom. The Kier molecular flexibility index (Phi) is 5.39. The van der Waals surface area contributed by atoms with Gasteiger partial charge in [0.15, 0.2) is 0 Å². The second kappa shape index (κ2) is 8.14. The van der Waals surface area contributed by atoms with Gasteiger partial charge in [0.25, 0.3) is 5.91 Å². The Morgan fingerprint density at radius 3 is 2.70 bits per heavy atom. The molecule has 0 aliphatic carbocycles. The summed E-state index contributed by atoms with van der Waals surface area (Å²) in [6.45, 7) is 2.57. The van der Waals surface area contributed by atoms with Crippen LogP contribution in [0.3, 0.4) is 0 Å². The third-order valence-corrected chi connectivity index (χ3v) is 5.30.